The van der Waals surface area contributed by atoms with Crippen LogP contribution in [-0.4, -0.2) is 14.5 Å². The van der Waals surface area contributed by atoms with Gasteiger partial charge in [0.1, 0.15) is 0 Å². The molecule has 2 heterocycles. The number of aromatic nitrogens is 3. The summed E-state index contributed by atoms with van der Waals surface area (Å²) >= 11 is 0. The van der Waals surface area contributed by atoms with Crippen LogP contribution in [0.3, 0.4) is 0 Å². The first kappa shape index (κ1) is 33.9. The molecule has 58 heavy (non-hydrogen) atoms. The van der Waals surface area contributed by atoms with E-state index in [-0.39, 0.29) is 5.41 Å². The van der Waals surface area contributed by atoms with E-state index in [0.717, 1.165) is 50.2 Å². The third-order valence-corrected chi connectivity index (χ3v) is 12.0. The molecule has 0 saturated heterocycles. The fourth-order valence-electron chi connectivity index (χ4n) is 9.22. The number of fused-ring (bicyclic) bond motifs is 6. The van der Waals surface area contributed by atoms with Crippen LogP contribution in [0, 0.1) is 0 Å². The molecule has 10 aromatic rings. The maximum atomic E-state index is 5.33. The number of rotatable bonds is 6. The van der Waals surface area contributed by atoms with E-state index in [2.05, 4.69) is 194 Å². The predicted octanol–water partition coefficient (Wildman–Crippen LogP) is 14.2. The van der Waals surface area contributed by atoms with Crippen LogP contribution in [-0.2, 0) is 5.41 Å². The van der Waals surface area contributed by atoms with Gasteiger partial charge in [-0.3, -0.25) is 0 Å². The quantitative estimate of drug-likeness (QED) is 0.170. The highest BCUT2D eigenvalue weighted by Gasteiger charge is 2.36. The van der Waals surface area contributed by atoms with E-state index in [1.54, 1.807) is 0 Å². The fraction of sp³-hybridized carbons (Fsp3) is 0.0545. The van der Waals surface area contributed by atoms with E-state index < -0.39 is 0 Å². The van der Waals surface area contributed by atoms with Crippen LogP contribution < -0.4 is 0 Å². The van der Waals surface area contributed by atoms with Crippen LogP contribution in [0.25, 0.3) is 94.8 Å². The van der Waals surface area contributed by atoms with Crippen LogP contribution in [0.1, 0.15) is 25.0 Å². The Bertz CT molecular complexity index is 3100. The van der Waals surface area contributed by atoms with E-state index in [1.165, 1.54) is 49.9 Å². The molecule has 3 heteroatoms. The molecule has 0 N–H and O–H groups in total. The van der Waals surface area contributed by atoms with Gasteiger partial charge in [-0.25, -0.2) is 9.97 Å². The molecular formula is C55H39N3. The molecular weight excluding hydrogens is 703 g/mol. The third kappa shape index (κ3) is 5.43. The lowest BCUT2D eigenvalue weighted by atomic mass is 9.82. The molecule has 2 aromatic heterocycles. The summed E-state index contributed by atoms with van der Waals surface area (Å²) in [5, 5.41) is 2.34. The molecule has 11 rings (SSSR count). The molecule has 0 spiro atoms. The molecule has 0 radical (unpaired) electrons. The van der Waals surface area contributed by atoms with Crippen molar-refractivity contribution in [3.05, 3.63) is 211 Å². The molecule has 0 atom stereocenters. The average Bonchev–Trinajstić information content (AvgIpc) is 3.75. The highest BCUT2D eigenvalue weighted by atomic mass is 15.0. The molecule has 0 unspecified atom stereocenters. The van der Waals surface area contributed by atoms with Crippen molar-refractivity contribution in [2.45, 2.75) is 19.3 Å². The normalized spacial score (nSPS) is 12.8. The lowest BCUT2D eigenvalue weighted by Crippen LogP contribution is -2.14. The topological polar surface area (TPSA) is 30.7 Å². The molecule has 3 nitrogen and oxygen atoms in total. The lowest BCUT2D eigenvalue weighted by Gasteiger charge is -2.21. The van der Waals surface area contributed by atoms with Gasteiger partial charge < -0.3 is 4.57 Å². The smallest absolute Gasteiger partial charge is 0.160 e. The van der Waals surface area contributed by atoms with E-state index in [4.69, 9.17) is 9.97 Å². The van der Waals surface area contributed by atoms with Gasteiger partial charge in [-0.2, -0.15) is 0 Å². The molecule has 0 amide bonds. The Balaban J connectivity index is 1.18. The molecule has 1 aliphatic rings. The van der Waals surface area contributed by atoms with Crippen molar-refractivity contribution in [2.75, 3.05) is 0 Å². The van der Waals surface area contributed by atoms with Crippen molar-refractivity contribution in [1.29, 1.82) is 0 Å². The average molecular weight is 742 g/mol. The maximum absolute atomic E-state index is 5.33. The summed E-state index contributed by atoms with van der Waals surface area (Å²) in [5.74, 6) is 0.705. The molecule has 0 fully saturated rings. The minimum atomic E-state index is -0.0823. The van der Waals surface area contributed by atoms with Crippen molar-refractivity contribution in [2.24, 2.45) is 0 Å². The monoisotopic (exact) mass is 741 g/mol. The van der Waals surface area contributed by atoms with Crippen LogP contribution in [0.5, 0.6) is 0 Å². The van der Waals surface area contributed by atoms with E-state index in [1.807, 2.05) is 24.3 Å². The van der Waals surface area contributed by atoms with Crippen molar-refractivity contribution < 1.29 is 0 Å². The molecule has 274 valence electrons. The highest BCUT2D eigenvalue weighted by molar-refractivity contribution is 6.16. The second-order valence-electron chi connectivity index (χ2n) is 15.8. The first-order valence-electron chi connectivity index (χ1n) is 20.0. The SMILES string of the molecule is CC1(C)c2ccccc2-c2c(-c3ccc4c(c3)c3c(-c5cc(-c6ccccc6)nc(-c6ccccc6)n5)cccc3n4-c3ccc(-c4ccccc4)cc3)cccc21. The standard InChI is InChI=1S/C55H39N3/c1-55(2)46-25-13-12-22-43(46)52-42(23-14-26-47(52)55)40-30-33-50-45(34-40)53-44(24-15-27-51(53)58(50)41-31-28-37(29-32-41)36-16-6-3-7-17-36)49-35-48(38-18-8-4-9-19-38)56-54(57-49)39-20-10-5-11-21-39/h3-35H,1-2H3. The zero-order valence-corrected chi connectivity index (χ0v) is 32.4. The van der Waals surface area contributed by atoms with E-state index >= 15 is 0 Å². The second-order valence-corrected chi connectivity index (χ2v) is 15.8. The molecule has 1 aliphatic carbocycles. The highest BCUT2D eigenvalue weighted by Crippen LogP contribution is 2.52. The Morgan fingerprint density at radius 3 is 1.72 bits per heavy atom. The van der Waals surface area contributed by atoms with Crippen molar-refractivity contribution in [3.8, 4) is 73.0 Å². The lowest BCUT2D eigenvalue weighted by molar-refractivity contribution is 0.660. The van der Waals surface area contributed by atoms with Crippen molar-refractivity contribution in [1.82, 2.24) is 14.5 Å². The van der Waals surface area contributed by atoms with Gasteiger partial charge in [-0.05, 0) is 80.9 Å². The summed E-state index contributed by atoms with van der Waals surface area (Å²) in [6, 6.07) is 71.9. The molecule has 0 saturated carbocycles. The van der Waals surface area contributed by atoms with Gasteiger partial charge in [0.05, 0.1) is 22.4 Å². The van der Waals surface area contributed by atoms with Gasteiger partial charge in [0.15, 0.2) is 5.82 Å². The summed E-state index contributed by atoms with van der Waals surface area (Å²) in [5.41, 5.74) is 18.4. The van der Waals surface area contributed by atoms with Gasteiger partial charge >= 0.3 is 0 Å². The fourth-order valence-corrected chi connectivity index (χ4v) is 9.22. The number of benzene rings is 8. The second kappa shape index (κ2) is 13.4. The first-order valence-corrected chi connectivity index (χ1v) is 20.0. The van der Waals surface area contributed by atoms with Crippen LogP contribution in [0.2, 0.25) is 0 Å². The Morgan fingerprint density at radius 1 is 0.397 bits per heavy atom. The Kier molecular flexibility index (Phi) is 7.84. The Morgan fingerprint density at radius 2 is 0.966 bits per heavy atom. The number of hydrogen-bond acceptors (Lipinski definition) is 2. The predicted molar refractivity (Wildman–Crippen MR) is 241 cm³/mol. The Hall–Kier alpha value is -7.36. The van der Waals surface area contributed by atoms with Gasteiger partial charge in [-0.1, -0.05) is 178 Å². The van der Waals surface area contributed by atoms with Crippen LogP contribution >= 0.6 is 0 Å². The maximum Gasteiger partial charge on any atom is 0.160 e. The molecule has 0 aliphatic heterocycles. The summed E-state index contributed by atoms with van der Waals surface area (Å²) < 4.78 is 2.41. The van der Waals surface area contributed by atoms with Gasteiger partial charge in [0, 0.05) is 38.6 Å². The first-order chi connectivity index (χ1) is 28.5. The zero-order valence-electron chi connectivity index (χ0n) is 32.4. The van der Waals surface area contributed by atoms with Crippen molar-refractivity contribution >= 4 is 21.8 Å². The van der Waals surface area contributed by atoms with Crippen LogP contribution in [0.15, 0.2) is 200 Å². The summed E-state index contributed by atoms with van der Waals surface area (Å²) in [6.45, 7) is 4.70. The van der Waals surface area contributed by atoms with E-state index in [9.17, 15) is 0 Å². The van der Waals surface area contributed by atoms with Gasteiger partial charge in [-0.15, -0.1) is 0 Å². The minimum Gasteiger partial charge on any atom is -0.309 e. The molecule has 0 bridgehead atoms. The van der Waals surface area contributed by atoms with Crippen molar-refractivity contribution in [3.63, 3.8) is 0 Å². The number of hydrogen-bond donors (Lipinski definition) is 0. The molecule has 8 aromatic carbocycles. The zero-order chi connectivity index (χ0) is 38.8. The summed E-state index contributed by atoms with van der Waals surface area (Å²) in [7, 11) is 0. The van der Waals surface area contributed by atoms with Crippen LogP contribution in [0.4, 0.5) is 0 Å². The van der Waals surface area contributed by atoms with E-state index in [0.29, 0.717) is 5.82 Å². The summed E-state index contributed by atoms with van der Waals surface area (Å²) in [6.07, 6.45) is 0. The van der Waals surface area contributed by atoms with Gasteiger partial charge in [0.2, 0.25) is 0 Å². The summed E-state index contributed by atoms with van der Waals surface area (Å²) in [4.78, 5) is 10.5. The largest absolute Gasteiger partial charge is 0.309 e. The Labute approximate surface area is 338 Å². The number of nitrogens with zero attached hydrogens (tertiary/aromatic N) is 3. The van der Waals surface area contributed by atoms with Gasteiger partial charge in [0.25, 0.3) is 0 Å². The third-order valence-electron chi connectivity index (χ3n) is 12.0. The minimum absolute atomic E-state index is 0.0823.